The van der Waals surface area contributed by atoms with Crippen molar-refractivity contribution in [3.63, 3.8) is 0 Å². The molecule has 7 nitrogen and oxygen atoms in total. The third kappa shape index (κ3) is 6.38. The molecule has 0 spiro atoms. The second kappa shape index (κ2) is 10.7. The molecule has 2 N–H and O–H groups in total. The van der Waals surface area contributed by atoms with Gasteiger partial charge in [-0.15, -0.1) is 11.3 Å². The number of carbonyl (C=O) groups excluding carboxylic acids is 2. The third-order valence-electron chi connectivity index (χ3n) is 5.47. The van der Waals surface area contributed by atoms with Gasteiger partial charge in [-0.3, -0.25) is 4.90 Å². The van der Waals surface area contributed by atoms with Crippen molar-refractivity contribution in [3.05, 3.63) is 22.4 Å². The Bertz CT molecular complexity index is 617. The molecule has 0 radical (unpaired) electrons. The fraction of sp³-hybridized carbons (Fsp3) is 0.700. The molecule has 8 heteroatoms. The molecule has 3 heterocycles. The van der Waals surface area contributed by atoms with Crippen LogP contribution in [0.2, 0.25) is 0 Å². The molecule has 1 atom stereocenters. The largest absolute Gasteiger partial charge is 0.450 e. The van der Waals surface area contributed by atoms with Gasteiger partial charge in [-0.2, -0.15) is 0 Å². The highest BCUT2D eigenvalue weighted by Crippen LogP contribution is 2.20. The second-order valence-electron chi connectivity index (χ2n) is 7.64. The molecule has 0 bridgehead atoms. The first-order chi connectivity index (χ1) is 13.6. The number of likely N-dealkylation sites (tertiary alicyclic amines) is 2. The minimum absolute atomic E-state index is 0.0926. The Balaban J connectivity index is 1.32. The summed E-state index contributed by atoms with van der Waals surface area (Å²) in [5.74, 6) is 0.505. The molecule has 28 heavy (non-hydrogen) atoms. The number of rotatable bonds is 6. The number of urea groups is 1. The first kappa shape index (κ1) is 20.9. The standard InChI is InChI=1S/C20H32N4O3S/c1-2-27-20(26)24-10-7-17(8-11-24)22-19(25)21-13-16-5-3-9-23(14-16)15-18-6-4-12-28-18/h4,6,12,16-17H,2-3,5,7-11,13-15H2,1H3,(H2,21,22,25). The maximum Gasteiger partial charge on any atom is 0.409 e. The fourth-order valence-corrected chi connectivity index (χ4v) is 4.73. The van der Waals surface area contributed by atoms with Crippen LogP contribution in [-0.2, 0) is 11.3 Å². The minimum Gasteiger partial charge on any atom is -0.450 e. The molecule has 2 aliphatic heterocycles. The third-order valence-corrected chi connectivity index (χ3v) is 6.33. The van der Waals surface area contributed by atoms with Crippen LogP contribution in [0.25, 0.3) is 0 Å². The smallest absolute Gasteiger partial charge is 0.409 e. The van der Waals surface area contributed by atoms with E-state index in [4.69, 9.17) is 4.74 Å². The van der Waals surface area contributed by atoms with Gasteiger partial charge in [0.05, 0.1) is 6.61 Å². The van der Waals surface area contributed by atoms with E-state index >= 15 is 0 Å². The Morgan fingerprint density at radius 2 is 2.07 bits per heavy atom. The molecule has 0 aliphatic carbocycles. The van der Waals surface area contributed by atoms with Crippen LogP contribution in [-0.4, -0.2) is 67.3 Å². The summed E-state index contributed by atoms with van der Waals surface area (Å²) >= 11 is 1.81. The van der Waals surface area contributed by atoms with Gasteiger partial charge in [-0.25, -0.2) is 9.59 Å². The summed E-state index contributed by atoms with van der Waals surface area (Å²) in [6.45, 7) is 7.37. The van der Waals surface area contributed by atoms with Crippen molar-refractivity contribution < 1.29 is 14.3 Å². The van der Waals surface area contributed by atoms with Crippen LogP contribution < -0.4 is 10.6 Å². The van der Waals surface area contributed by atoms with Crippen LogP contribution in [0, 0.1) is 5.92 Å². The van der Waals surface area contributed by atoms with Crippen LogP contribution in [0.1, 0.15) is 37.5 Å². The molecule has 0 aromatic carbocycles. The highest BCUT2D eigenvalue weighted by Gasteiger charge is 2.25. The number of hydrogen-bond donors (Lipinski definition) is 2. The molecule has 2 aliphatic rings. The fourth-order valence-electron chi connectivity index (χ4n) is 3.98. The predicted octanol–water partition coefficient (Wildman–Crippen LogP) is 2.88. The Hall–Kier alpha value is -1.80. The lowest BCUT2D eigenvalue weighted by Crippen LogP contribution is -2.50. The molecule has 1 aromatic rings. The highest BCUT2D eigenvalue weighted by molar-refractivity contribution is 7.09. The van der Waals surface area contributed by atoms with Gasteiger partial charge in [0.15, 0.2) is 0 Å². The second-order valence-corrected chi connectivity index (χ2v) is 8.67. The topological polar surface area (TPSA) is 73.9 Å². The van der Waals surface area contributed by atoms with E-state index in [1.807, 2.05) is 6.92 Å². The van der Waals surface area contributed by atoms with Crippen LogP contribution in [0.4, 0.5) is 9.59 Å². The van der Waals surface area contributed by atoms with Gasteiger partial charge in [0, 0.05) is 43.6 Å². The zero-order valence-corrected chi connectivity index (χ0v) is 17.5. The van der Waals surface area contributed by atoms with Crippen molar-refractivity contribution in [1.82, 2.24) is 20.4 Å². The zero-order chi connectivity index (χ0) is 19.8. The summed E-state index contributed by atoms with van der Waals surface area (Å²) in [7, 11) is 0. The van der Waals surface area contributed by atoms with E-state index in [-0.39, 0.29) is 18.2 Å². The Morgan fingerprint density at radius 1 is 1.25 bits per heavy atom. The van der Waals surface area contributed by atoms with E-state index in [2.05, 4.69) is 33.0 Å². The van der Waals surface area contributed by atoms with Crippen molar-refractivity contribution >= 4 is 23.5 Å². The molecular weight excluding hydrogens is 376 g/mol. The minimum atomic E-state index is -0.255. The van der Waals surface area contributed by atoms with E-state index in [0.717, 1.165) is 32.5 Å². The molecule has 1 unspecified atom stereocenters. The molecule has 3 amide bonds. The highest BCUT2D eigenvalue weighted by atomic mass is 32.1. The summed E-state index contributed by atoms with van der Waals surface area (Å²) in [6.07, 6.45) is 3.63. The van der Waals surface area contributed by atoms with E-state index in [9.17, 15) is 9.59 Å². The maximum atomic E-state index is 12.3. The molecule has 0 saturated carbocycles. The van der Waals surface area contributed by atoms with E-state index in [0.29, 0.717) is 32.2 Å². The number of ether oxygens (including phenoxy) is 1. The summed E-state index contributed by atoms with van der Waals surface area (Å²) in [5.41, 5.74) is 0. The van der Waals surface area contributed by atoms with E-state index in [1.54, 1.807) is 16.2 Å². The number of nitrogens with zero attached hydrogens (tertiary/aromatic N) is 2. The van der Waals surface area contributed by atoms with Gasteiger partial charge in [-0.05, 0) is 56.5 Å². The summed E-state index contributed by atoms with van der Waals surface area (Å²) in [5, 5.41) is 8.24. The van der Waals surface area contributed by atoms with Crippen molar-refractivity contribution in [2.75, 3.05) is 39.3 Å². The number of carbonyl (C=O) groups is 2. The lowest BCUT2D eigenvalue weighted by Gasteiger charge is -2.33. The lowest BCUT2D eigenvalue weighted by atomic mass is 9.98. The summed E-state index contributed by atoms with van der Waals surface area (Å²) < 4.78 is 5.03. The number of piperidine rings is 2. The first-order valence-corrected chi connectivity index (χ1v) is 11.2. The van der Waals surface area contributed by atoms with Crippen LogP contribution >= 0.6 is 11.3 Å². The molecule has 1 aromatic heterocycles. The first-order valence-electron chi connectivity index (χ1n) is 10.3. The summed E-state index contributed by atoms with van der Waals surface area (Å²) in [4.78, 5) is 29.6. The van der Waals surface area contributed by atoms with Gasteiger partial charge in [0.1, 0.15) is 0 Å². The number of thiophene rings is 1. The van der Waals surface area contributed by atoms with Gasteiger partial charge < -0.3 is 20.3 Å². The average molecular weight is 409 g/mol. The quantitative estimate of drug-likeness (QED) is 0.759. The molecule has 3 rings (SSSR count). The number of nitrogens with one attached hydrogen (secondary N) is 2. The lowest BCUT2D eigenvalue weighted by molar-refractivity contribution is 0.0957. The predicted molar refractivity (Wildman–Crippen MR) is 110 cm³/mol. The van der Waals surface area contributed by atoms with Crippen molar-refractivity contribution in [2.45, 2.75) is 45.2 Å². The maximum absolute atomic E-state index is 12.3. The van der Waals surface area contributed by atoms with Crippen LogP contribution in [0.3, 0.4) is 0 Å². The van der Waals surface area contributed by atoms with Gasteiger partial charge in [-0.1, -0.05) is 6.07 Å². The number of amides is 3. The Morgan fingerprint density at radius 3 is 2.79 bits per heavy atom. The zero-order valence-electron chi connectivity index (χ0n) is 16.7. The molecular formula is C20H32N4O3S. The van der Waals surface area contributed by atoms with E-state index in [1.165, 1.54) is 17.7 Å². The average Bonchev–Trinajstić information content (AvgIpc) is 3.20. The van der Waals surface area contributed by atoms with Gasteiger partial charge >= 0.3 is 12.1 Å². The van der Waals surface area contributed by atoms with E-state index < -0.39 is 0 Å². The van der Waals surface area contributed by atoms with Crippen molar-refractivity contribution in [2.24, 2.45) is 5.92 Å². The molecule has 2 fully saturated rings. The number of hydrogen-bond acceptors (Lipinski definition) is 5. The molecule has 2 saturated heterocycles. The Labute approximate surface area is 171 Å². The van der Waals surface area contributed by atoms with Crippen LogP contribution in [0.5, 0.6) is 0 Å². The normalized spacial score (nSPS) is 21.3. The monoisotopic (exact) mass is 408 g/mol. The Kier molecular flexibility index (Phi) is 7.97. The van der Waals surface area contributed by atoms with Crippen LogP contribution in [0.15, 0.2) is 17.5 Å². The SMILES string of the molecule is CCOC(=O)N1CCC(NC(=O)NCC2CCCN(Cc3cccs3)C2)CC1. The summed E-state index contributed by atoms with van der Waals surface area (Å²) in [6, 6.07) is 4.31. The van der Waals surface area contributed by atoms with Crippen molar-refractivity contribution in [1.29, 1.82) is 0 Å². The van der Waals surface area contributed by atoms with Gasteiger partial charge in [0.25, 0.3) is 0 Å². The van der Waals surface area contributed by atoms with Crippen molar-refractivity contribution in [3.8, 4) is 0 Å². The van der Waals surface area contributed by atoms with Gasteiger partial charge in [0.2, 0.25) is 0 Å². The molecule has 156 valence electrons.